The zero-order chi connectivity index (χ0) is 23.7. The zero-order valence-electron chi connectivity index (χ0n) is 19.3. The van der Waals surface area contributed by atoms with E-state index in [2.05, 4.69) is 10.2 Å². The monoisotopic (exact) mass is 486 g/mol. The quantitative estimate of drug-likeness (QED) is 0.698. The molecule has 3 aliphatic rings. The summed E-state index contributed by atoms with van der Waals surface area (Å²) in [6.45, 7) is 6.04. The number of urea groups is 1. The van der Waals surface area contributed by atoms with Crippen LogP contribution in [0.3, 0.4) is 0 Å². The molecule has 0 spiro atoms. The van der Waals surface area contributed by atoms with Crippen LogP contribution >= 0.6 is 0 Å². The van der Waals surface area contributed by atoms with E-state index in [9.17, 15) is 13.2 Å². The Kier molecular flexibility index (Phi) is 6.37. The number of amides is 2. The van der Waals surface area contributed by atoms with Crippen molar-refractivity contribution in [2.45, 2.75) is 37.4 Å². The molecule has 1 N–H and O–H groups in total. The highest BCUT2D eigenvalue weighted by molar-refractivity contribution is 7.89. The second-order valence-corrected chi connectivity index (χ2v) is 10.9. The van der Waals surface area contributed by atoms with Crippen LogP contribution in [0, 0.1) is 6.92 Å². The Bertz CT molecular complexity index is 1150. The van der Waals surface area contributed by atoms with Crippen molar-refractivity contribution in [1.29, 1.82) is 0 Å². The minimum atomic E-state index is -3.66. The third-order valence-corrected chi connectivity index (χ3v) is 8.55. The molecule has 0 aliphatic carbocycles. The van der Waals surface area contributed by atoms with Crippen LogP contribution in [0.15, 0.2) is 47.4 Å². The normalized spacial score (nSPS) is 21.1. The maximum atomic E-state index is 13.1. The van der Waals surface area contributed by atoms with Crippen LogP contribution in [-0.4, -0.2) is 74.2 Å². The molecular weight excluding hydrogens is 456 g/mol. The fraction of sp³-hybridized carbons (Fsp3) is 0.458. The van der Waals surface area contributed by atoms with E-state index < -0.39 is 16.2 Å². The van der Waals surface area contributed by atoms with Gasteiger partial charge in [0.2, 0.25) is 16.8 Å². The summed E-state index contributed by atoms with van der Waals surface area (Å²) in [5.74, 6) is 1.55. The highest BCUT2D eigenvalue weighted by Crippen LogP contribution is 2.33. The number of sulfonamides is 1. The molecule has 0 aromatic heterocycles. The van der Waals surface area contributed by atoms with Gasteiger partial charge in [0.15, 0.2) is 11.5 Å². The Morgan fingerprint density at radius 2 is 1.74 bits per heavy atom. The highest BCUT2D eigenvalue weighted by Gasteiger charge is 2.37. The summed E-state index contributed by atoms with van der Waals surface area (Å²) in [6, 6.07) is 12.6. The Morgan fingerprint density at radius 1 is 1.00 bits per heavy atom. The van der Waals surface area contributed by atoms with Crippen molar-refractivity contribution < 1.29 is 22.7 Å². The maximum Gasteiger partial charge on any atom is 0.318 e. The van der Waals surface area contributed by atoms with Crippen molar-refractivity contribution in [1.82, 2.24) is 19.4 Å². The minimum absolute atomic E-state index is 0.210. The number of benzene rings is 2. The van der Waals surface area contributed by atoms with Crippen LogP contribution in [0.25, 0.3) is 0 Å². The first-order chi connectivity index (χ1) is 16.4. The molecule has 34 heavy (non-hydrogen) atoms. The average Bonchev–Trinajstić information content (AvgIpc) is 3.49. The molecule has 2 amide bonds. The predicted molar refractivity (Wildman–Crippen MR) is 126 cm³/mol. The molecule has 0 saturated carbocycles. The molecule has 3 heterocycles. The summed E-state index contributed by atoms with van der Waals surface area (Å²) in [6.07, 6.45) is 0.811. The van der Waals surface area contributed by atoms with Crippen LogP contribution in [-0.2, 0) is 16.6 Å². The van der Waals surface area contributed by atoms with Gasteiger partial charge in [-0.2, -0.15) is 4.31 Å². The molecule has 2 saturated heterocycles. The van der Waals surface area contributed by atoms with E-state index in [0.29, 0.717) is 26.1 Å². The number of nitrogens with one attached hydrogen (secondary N) is 1. The van der Waals surface area contributed by atoms with E-state index >= 15 is 0 Å². The third-order valence-electron chi connectivity index (χ3n) is 6.62. The lowest BCUT2D eigenvalue weighted by molar-refractivity contribution is 0.130. The summed E-state index contributed by atoms with van der Waals surface area (Å²) in [5.41, 5.74) is 2.15. The van der Waals surface area contributed by atoms with Gasteiger partial charge in [-0.15, -0.1) is 0 Å². The fourth-order valence-electron chi connectivity index (χ4n) is 4.66. The predicted octanol–water partition coefficient (Wildman–Crippen LogP) is 2.36. The molecule has 5 rings (SSSR count). The standard InChI is InChI=1S/C24H30N4O5S/c1-18-4-7-20(8-5-18)34(30,31)28-10-2-3-23(28)25-24(29)27-13-11-26(12-14-27)16-19-6-9-21-22(15-19)33-17-32-21/h4-9,15,23H,2-3,10-14,16-17H2,1H3,(H,25,29)/t23-/m1/s1. The van der Waals surface area contributed by atoms with E-state index in [1.807, 2.05) is 25.1 Å². The first kappa shape index (κ1) is 22.9. The van der Waals surface area contributed by atoms with Crippen LogP contribution < -0.4 is 14.8 Å². The van der Waals surface area contributed by atoms with Crippen molar-refractivity contribution in [2.24, 2.45) is 0 Å². The van der Waals surface area contributed by atoms with E-state index in [4.69, 9.17) is 9.47 Å². The molecule has 10 heteroatoms. The number of hydrogen-bond donors (Lipinski definition) is 1. The number of carbonyl (C=O) groups is 1. The number of hydrogen-bond acceptors (Lipinski definition) is 6. The molecule has 0 unspecified atom stereocenters. The lowest BCUT2D eigenvalue weighted by Crippen LogP contribution is -2.55. The number of aryl methyl sites for hydroxylation is 1. The Morgan fingerprint density at radius 3 is 2.50 bits per heavy atom. The number of ether oxygens (including phenoxy) is 2. The fourth-order valence-corrected chi connectivity index (χ4v) is 6.27. The lowest BCUT2D eigenvalue weighted by Gasteiger charge is -2.36. The number of piperazine rings is 1. The second kappa shape index (κ2) is 9.44. The van der Waals surface area contributed by atoms with Gasteiger partial charge in [-0.3, -0.25) is 4.90 Å². The summed E-state index contributed by atoms with van der Waals surface area (Å²) < 4.78 is 38.5. The van der Waals surface area contributed by atoms with E-state index in [1.54, 1.807) is 29.2 Å². The van der Waals surface area contributed by atoms with Gasteiger partial charge in [-0.25, -0.2) is 13.2 Å². The Balaban J connectivity index is 1.15. The van der Waals surface area contributed by atoms with Crippen LogP contribution in [0.5, 0.6) is 11.5 Å². The van der Waals surface area contributed by atoms with Gasteiger partial charge in [-0.1, -0.05) is 23.8 Å². The number of nitrogens with zero attached hydrogens (tertiary/aromatic N) is 3. The van der Waals surface area contributed by atoms with Crippen molar-refractivity contribution in [3.63, 3.8) is 0 Å². The summed E-state index contributed by atoms with van der Waals surface area (Å²) in [4.78, 5) is 17.3. The molecule has 2 aromatic carbocycles. The van der Waals surface area contributed by atoms with Gasteiger partial charge >= 0.3 is 6.03 Å². The lowest BCUT2D eigenvalue weighted by atomic mass is 10.1. The third kappa shape index (κ3) is 4.70. The largest absolute Gasteiger partial charge is 0.454 e. The van der Waals surface area contributed by atoms with Gasteiger partial charge in [0.1, 0.15) is 0 Å². The molecule has 2 aromatic rings. The first-order valence-electron chi connectivity index (χ1n) is 11.6. The van der Waals surface area contributed by atoms with Crippen molar-refractivity contribution in [3.05, 3.63) is 53.6 Å². The number of fused-ring (bicyclic) bond motifs is 1. The van der Waals surface area contributed by atoms with Crippen LogP contribution in [0.2, 0.25) is 0 Å². The van der Waals surface area contributed by atoms with Gasteiger partial charge in [0.25, 0.3) is 0 Å². The Labute approximate surface area is 200 Å². The van der Waals surface area contributed by atoms with E-state index in [1.165, 1.54) is 4.31 Å². The maximum absolute atomic E-state index is 13.1. The smallest absolute Gasteiger partial charge is 0.318 e. The SMILES string of the molecule is Cc1ccc(S(=O)(=O)N2CCC[C@@H]2NC(=O)N2CCN(Cc3ccc4c(c3)OCO4)CC2)cc1. The van der Waals surface area contributed by atoms with Crippen LogP contribution in [0.1, 0.15) is 24.0 Å². The van der Waals surface area contributed by atoms with Gasteiger partial charge in [0.05, 0.1) is 11.1 Å². The molecule has 1 atom stereocenters. The summed E-state index contributed by atoms with van der Waals surface area (Å²) in [5, 5.41) is 2.96. The molecular formula is C24H30N4O5S. The summed E-state index contributed by atoms with van der Waals surface area (Å²) >= 11 is 0. The van der Waals surface area contributed by atoms with Gasteiger partial charge in [-0.05, 0) is 49.6 Å². The van der Waals surface area contributed by atoms with Gasteiger partial charge in [0, 0.05) is 39.3 Å². The minimum Gasteiger partial charge on any atom is -0.454 e. The summed E-state index contributed by atoms with van der Waals surface area (Å²) in [7, 11) is -3.66. The molecule has 0 bridgehead atoms. The molecule has 2 fully saturated rings. The van der Waals surface area contributed by atoms with E-state index in [-0.39, 0.29) is 17.7 Å². The van der Waals surface area contributed by atoms with Crippen molar-refractivity contribution in [3.8, 4) is 11.5 Å². The molecule has 182 valence electrons. The van der Waals surface area contributed by atoms with Crippen LogP contribution in [0.4, 0.5) is 4.79 Å². The van der Waals surface area contributed by atoms with Crippen molar-refractivity contribution in [2.75, 3.05) is 39.5 Å². The molecule has 3 aliphatic heterocycles. The van der Waals surface area contributed by atoms with Gasteiger partial charge < -0.3 is 19.7 Å². The number of carbonyl (C=O) groups excluding carboxylic acids is 1. The topological polar surface area (TPSA) is 91.4 Å². The van der Waals surface area contributed by atoms with Crippen molar-refractivity contribution >= 4 is 16.1 Å². The first-order valence-corrected chi connectivity index (χ1v) is 13.1. The molecule has 9 nitrogen and oxygen atoms in total. The zero-order valence-corrected chi connectivity index (χ0v) is 20.1. The average molecular weight is 487 g/mol. The highest BCUT2D eigenvalue weighted by atomic mass is 32.2. The molecule has 0 radical (unpaired) electrons. The Hall–Kier alpha value is -2.82. The second-order valence-electron chi connectivity index (χ2n) is 8.99. The van der Waals surface area contributed by atoms with E-state index in [0.717, 1.165) is 48.7 Å². The number of rotatable bonds is 5.